The fraction of sp³-hybridized carbons (Fsp3) is 0.600. The van der Waals surface area contributed by atoms with Crippen molar-refractivity contribution in [3.05, 3.63) is 35.9 Å². The SMILES string of the molecule is CC1CC(NC(CN(C)C)c2ccccc2)CS1. The topological polar surface area (TPSA) is 15.3 Å². The van der Waals surface area contributed by atoms with Crippen LogP contribution < -0.4 is 5.32 Å². The maximum Gasteiger partial charge on any atom is 0.0451 e. The van der Waals surface area contributed by atoms with Gasteiger partial charge in [0.25, 0.3) is 0 Å². The number of thioether (sulfide) groups is 1. The summed E-state index contributed by atoms with van der Waals surface area (Å²) in [5.74, 6) is 1.25. The summed E-state index contributed by atoms with van der Waals surface area (Å²) in [6, 6.07) is 11.9. The molecule has 2 rings (SSSR count). The lowest BCUT2D eigenvalue weighted by atomic mass is 10.0. The average Bonchev–Trinajstić information content (AvgIpc) is 2.75. The summed E-state index contributed by atoms with van der Waals surface area (Å²) < 4.78 is 0. The second-order valence-electron chi connectivity index (χ2n) is 5.47. The number of rotatable bonds is 5. The van der Waals surface area contributed by atoms with Gasteiger partial charge in [-0.05, 0) is 26.1 Å². The first-order chi connectivity index (χ1) is 8.65. The van der Waals surface area contributed by atoms with Crippen molar-refractivity contribution >= 4 is 11.8 Å². The maximum absolute atomic E-state index is 3.83. The Balaban J connectivity index is 2.01. The van der Waals surface area contributed by atoms with E-state index in [0.717, 1.165) is 11.8 Å². The zero-order valence-electron chi connectivity index (χ0n) is 11.6. The fourth-order valence-corrected chi connectivity index (χ4v) is 3.68. The first-order valence-corrected chi connectivity index (χ1v) is 7.77. The summed E-state index contributed by atoms with van der Waals surface area (Å²) in [4.78, 5) is 2.26. The molecule has 1 aliphatic heterocycles. The number of hydrogen-bond donors (Lipinski definition) is 1. The van der Waals surface area contributed by atoms with E-state index in [2.05, 4.69) is 73.3 Å². The minimum absolute atomic E-state index is 0.442. The molecule has 0 spiro atoms. The smallest absolute Gasteiger partial charge is 0.0451 e. The van der Waals surface area contributed by atoms with Gasteiger partial charge in [0, 0.05) is 29.6 Å². The highest BCUT2D eigenvalue weighted by Gasteiger charge is 2.24. The van der Waals surface area contributed by atoms with Gasteiger partial charge in [-0.1, -0.05) is 37.3 Å². The molecule has 1 aromatic rings. The van der Waals surface area contributed by atoms with E-state index in [1.54, 1.807) is 0 Å². The van der Waals surface area contributed by atoms with Crippen molar-refractivity contribution in [1.29, 1.82) is 0 Å². The normalized spacial score (nSPS) is 25.6. The molecule has 0 aliphatic carbocycles. The maximum atomic E-state index is 3.83. The molecule has 0 bridgehead atoms. The zero-order valence-corrected chi connectivity index (χ0v) is 12.4. The summed E-state index contributed by atoms with van der Waals surface area (Å²) in [6.45, 7) is 3.38. The van der Waals surface area contributed by atoms with E-state index in [-0.39, 0.29) is 0 Å². The molecule has 1 saturated heterocycles. The van der Waals surface area contributed by atoms with Gasteiger partial charge < -0.3 is 10.2 Å². The number of benzene rings is 1. The van der Waals surface area contributed by atoms with Crippen molar-refractivity contribution in [1.82, 2.24) is 10.2 Å². The monoisotopic (exact) mass is 264 g/mol. The van der Waals surface area contributed by atoms with Crippen LogP contribution in [0.2, 0.25) is 0 Å². The highest BCUT2D eigenvalue weighted by molar-refractivity contribution is 8.00. The molecule has 2 nitrogen and oxygen atoms in total. The Labute approximate surface area is 115 Å². The highest BCUT2D eigenvalue weighted by atomic mass is 32.2. The molecule has 1 N–H and O–H groups in total. The van der Waals surface area contributed by atoms with Crippen molar-refractivity contribution in [2.24, 2.45) is 0 Å². The third kappa shape index (κ3) is 4.01. The van der Waals surface area contributed by atoms with Gasteiger partial charge in [-0.15, -0.1) is 0 Å². The third-order valence-electron chi connectivity index (χ3n) is 3.38. The Hall–Kier alpha value is -0.510. The second kappa shape index (κ2) is 6.60. The standard InChI is InChI=1S/C15H24N2S/c1-12-9-14(11-18-12)16-15(10-17(2)3)13-7-5-4-6-8-13/h4-8,12,14-16H,9-11H2,1-3H3. The van der Waals surface area contributed by atoms with Crippen LogP contribution in [-0.4, -0.2) is 42.6 Å². The van der Waals surface area contributed by atoms with Crippen molar-refractivity contribution in [2.45, 2.75) is 30.7 Å². The highest BCUT2D eigenvalue weighted by Crippen LogP contribution is 2.28. The van der Waals surface area contributed by atoms with Crippen LogP contribution in [0.1, 0.15) is 24.9 Å². The van der Waals surface area contributed by atoms with Gasteiger partial charge in [0.15, 0.2) is 0 Å². The molecule has 1 heterocycles. The van der Waals surface area contributed by atoms with Crippen molar-refractivity contribution in [2.75, 3.05) is 26.4 Å². The van der Waals surface area contributed by atoms with Gasteiger partial charge in [0.05, 0.1) is 0 Å². The van der Waals surface area contributed by atoms with Gasteiger partial charge in [0.2, 0.25) is 0 Å². The van der Waals surface area contributed by atoms with Crippen molar-refractivity contribution in [3.8, 4) is 0 Å². The molecule has 3 atom stereocenters. The molecule has 1 fully saturated rings. The van der Waals surface area contributed by atoms with Crippen LogP contribution in [0.25, 0.3) is 0 Å². The molecule has 0 amide bonds. The van der Waals surface area contributed by atoms with Crippen LogP contribution in [0.4, 0.5) is 0 Å². The summed E-state index contributed by atoms with van der Waals surface area (Å²) in [5, 5.41) is 4.64. The van der Waals surface area contributed by atoms with E-state index in [1.807, 2.05) is 0 Å². The lowest BCUT2D eigenvalue weighted by Gasteiger charge is -2.26. The molecule has 1 aromatic carbocycles. The van der Waals surface area contributed by atoms with E-state index >= 15 is 0 Å². The van der Waals surface area contributed by atoms with Gasteiger partial charge in [-0.3, -0.25) is 0 Å². The van der Waals surface area contributed by atoms with Crippen LogP contribution in [-0.2, 0) is 0 Å². The zero-order chi connectivity index (χ0) is 13.0. The summed E-state index contributed by atoms with van der Waals surface area (Å²) in [5.41, 5.74) is 1.40. The largest absolute Gasteiger partial charge is 0.308 e. The predicted octanol–water partition coefficient (Wildman–Crippen LogP) is 2.77. The van der Waals surface area contributed by atoms with Crippen LogP contribution >= 0.6 is 11.8 Å². The van der Waals surface area contributed by atoms with E-state index in [1.165, 1.54) is 17.7 Å². The Bertz CT molecular complexity index is 353. The number of nitrogens with zero attached hydrogens (tertiary/aromatic N) is 1. The van der Waals surface area contributed by atoms with E-state index in [9.17, 15) is 0 Å². The van der Waals surface area contributed by atoms with Gasteiger partial charge in [0.1, 0.15) is 0 Å². The second-order valence-corrected chi connectivity index (χ2v) is 6.94. The van der Waals surface area contributed by atoms with Crippen molar-refractivity contribution in [3.63, 3.8) is 0 Å². The molecule has 3 heteroatoms. The first-order valence-electron chi connectivity index (χ1n) is 6.72. The molecular weight excluding hydrogens is 240 g/mol. The number of nitrogens with one attached hydrogen (secondary N) is 1. The molecule has 0 radical (unpaired) electrons. The van der Waals surface area contributed by atoms with Gasteiger partial charge in [-0.25, -0.2) is 0 Å². The third-order valence-corrected chi connectivity index (χ3v) is 4.74. The molecule has 100 valence electrons. The summed E-state index contributed by atoms with van der Waals surface area (Å²) in [6.07, 6.45) is 1.29. The van der Waals surface area contributed by atoms with Crippen LogP contribution in [0, 0.1) is 0 Å². The molecular formula is C15H24N2S. The minimum Gasteiger partial charge on any atom is -0.308 e. The molecule has 3 unspecified atom stereocenters. The number of hydrogen-bond acceptors (Lipinski definition) is 3. The van der Waals surface area contributed by atoms with Crippen LogP contribution in [0.5, 0.6) is 0 Å². The van der Waals surface area contributed by atoms with E-state index < -0.39 is 0 Å². The fourth-order valence-electron chi connectivity index (χ4n) is 2.52. The molecule has 1 aliphatic rings. The summed E-state index contributed by atoms with van der Waals surface area (Å²) >= 11 is 2.09. The van der Waals surface area contributed by atoms with E-state index in [4.69, 9.17) is 0 Å². The lowest BCUT2D eigenvalue weighted by molar-refractivity contribution is 0.323. The Kier molecular flexibility index (Phi) is 5.10. The Morgan fingerprint density at radius 3 is 2.61 bits per heavy atom. The lowest BCUT2D eigenvalue weighted by Crippen LogP contribution is -2.38. The summed E-state index contributed by atoms with van der Waals surface area (Å²) in [7, 11) is 4.29. The predicted molar refractivity (Wildman–Crippen MR) is 81.2 cm³/mol. The quantitative estimate of drug-likeness (QED) is 0.880. The average molecular weight is 264 g/mol. The molecule has 0 saturated carbocycles. The first kappa shape index (κ1) is 13.9. The molecule has 18 heavy (non-hydrogen) atoms. The van der Waals surface area contributed by atoms with Crippen LogP contribution in [0.15, 0.2) is 30.3 Å². The number of likely N-dealkylation sites (N-methyl/N-ethyl adjacent to an activating group) is 1. The Morgan fingerprint density at radius 2 is 2.06 bits per heavy atom. The van der Waals surface area contributed by atoms with Crippen LogP contribution in [0.3, 0.4) is 0 Å². The minimum atomic E-state index is 0.442. The van der Waals surface area contributed by atoms with Gasteiger partial charge in [-0.2, -0.15) is 11.8 Å². The Morgan fingerprint density at radius 1 is 1.33 bits per heavy atom. The van der Waals surface area contributed by atoms with Crippen molar-refractivity contribution < 1.29 is 0 Å². The van der Waals surface area contributed by atoms with Gasteiger partial charge >= 0.3 is 0 Å². The molecule has 0 aromatic heterocycles. The van der Waals surface area contributed by atoms with E-state index in [0.29, 0.717) is 12.1 Å².